The predicted octanol–water partition coefficient (Wildman–Crippen LogP) is 3.19. The molecule has 1 heterocycles. The van der Waals surface area contributed by atoms with Crippen LogP contribution < -0.4 is 14.8 Å². The summed E-state index contributed by atoms with van der Waals surface area (Å²) in [6.45, 7) is 7.58. The molecular formula is C20H32IN5O2. The van der Waals surface area contributed by atoms with Crippen LogP contribution in [0.25, 0.3) is 0 Å². The summed E-state index contributed by atoms with van der Waals surface area (Å²) in [5.74, 6) is 2.30. The number of nitrogens with zero attached hydrogens (tertiary/aromatic N) is 4. The van der Waals surface area contributed by atoms with E-state index in [9.17, 15) is 0 Å². The fourth-order valence-electron chi connectivity index (χ4n) is 3.15. The van der Waals surface area contributed by atoms with Crippen LogP contribution in [0.3, 0.4) is 0 Å². The molecule has 1 aromatic carbocycles. The van der Waals surface area contributed by atoms with Gasteiger partial charge in [-0.2, -0.15) is 5.10 Å². The van der Waals surface area contributed by atoms with Crippen LogP contribution in [0.5, 0.6) is 11.5 Å². The standard InChI is InChI=1S/C20H31N5O2.HI/c1-13-9-18(26-7)19(27-8)10-16(13)12-24(5)20(21-4)22-11-17-14(2)23-25(6)15(17)3;/h9-10H,11-12H2,1-8H3,(H,21,22);1H. The molecule has 0 aliphatic carbocycles. The number of aryl methyl sites for hydroxylation is 3. The molecule has 0 unspecified atom stereocenters. The van der Waals surface area contributed by atoms with Crippen LogP contribution in [-0.4, -0.2) is 49.0 Å². The minimum Gasteiger partial charge on any atom is -0.493 e. The Morgan fingerprint density at radius 1 is 1.18 bits per heavy atom. The number of hydrogen-bond donors (Lipinski definition) is 1. The smallest absolute Gasteiger partial charge is 0.193 e. The summed E-state index contributed by atoms with van der Waals surface area (Å²) in [5, 5.41) is 7.91. The quantitative estimate of drug-likeness (QED) is 0.374. The lowest BCUT2D eigenvalue weighted by atomic mass is 10.1. The molecule has 8 heteroatoms. The van der Waals surface area contributed by atoms with Gasteiger partial charge in [0.1, 0.15) is 0 Å². The monoisotopic (exact) mass is 501 g/mol. The van der Waals surface area contributed by atoms with Crippen molar-refractivity contribution in [2.24, 2.45) is 12.0 Å². The van der Waals surface area contributed by atoms with E-state index in [1.807, 2.05) is 37.8 Å². The van der Waals surface area contributed by atoms with Crippen LogP contribution in [-0.2, 0) is 20.1 Å². The average molecular weight is 501 g/mol. The number of aliphatic imine (C=N–C) groups is 1. The normalized spacial score (nSPS) is 11.1. The summed E-state index contributed by atoms with van der Waals surface area (Å²) < 4.78 is 12.7. The molecule has 0 fully saturated rings. The van der Waals surface area contributed by atoms with Crippen LogP contribution in [0.15, 0.2) is 17.1 Å². The molecule has 0 spiro atoms. The van der Waals surface area contributed by atoms with Crippen molar-refractivity contribution in [2.45, 2.75) is 33.9 Å². The zero-order valence-electron chi connectivity index (χ0n) is 18.1. The first kappa shape index (κ1) is 24.1. The Balaban J connectivity index is 0.00000392. The number of ether oxygens (including phenoxy) is 2. The number of guanidine groups is 1. The Morgan fingerprint density at radius 2 is 1.79 bits per heavy atom. The van der Waals surface area contributed by atoms with Crippen LogP contribution in [0.2, 0.25) is 0 Å². The summed E-state index contributed by atoms with van der Waals surface area (Å²) in [5.41, 5.74) is 5.71. The van der Waals surface area contributed by atoms with Gasteiger partial charge in [-0.3, -0.25) is 9.67 Å². The third-order valence-electron chi connectivity index (χ3n) is 4.91. The van der Waals surface area contributed by atoms with Gasteiger partial charge in [0.15, 0.2) is 17.5 Å². The molecule has 0 aliphatic rings. The largest absolute Gasteiger partial charge is 0.493 e. The number of hydrogen-bond acceptors (Lipinski definition) is 4. The van der Waals surface area contributed by atoms with Crippen molar-refractivity contribution in [3.05, 3.63) is 40.2 Å². The number of methoxy groups -OCH3 is 2. The molecule has 0 radical (unpaired) electrons. The zero-order chi connectivity index (χ0) is 20.1. The average Bonchev–Trinajstić information content (AvgIpc) is 2.89. The van der Waals surface area contributed by atoms with Crippen molar-refractivity contribution in [3.8, 4) is 11.5 Å². The van der Waals surface area contributed by atoms with Crippen LogP contribution in [0.4, 0.5) is 0 Å². The third-order valence-corrected chi connectivity index (χ3v) is 4.91. The van der Waals surface area contributed by atoms with E-state index in [0.29, 0.717) is 13.1 Å². The first-order chi connectivity index (χ1) is 12.8. The lowest BCUT2D eigenvalue weighted by Gasteiger charge is -2.24. The topological polar surface area (TPSA) is 63.9 Å². The van der Waals surface area contributed by atoms with E-state index in [0.717, 1.165) is 40.0 Å². The van der Waals surface area contributed by atoms with Gasteiger partial charge in [-0.15, -0.1) is 24.0 Å². The molecule has 156 valence electrons. The van der Waals surface area contributed by atoms with Gasteiger partial charge in [0.05, 0.1) is 19.9 Å². The van der Waals surface area contributed by atoms with Crippen molar-refractivity contribution in [1.29, 1.82) is 0 Å². The number of aromatic nitrogens is 2. The summed E-state index contributed by atoms with van der Waals surface area (Å²) in [6.07, 6.45) is 0. The highest BCUT2D eigenvalue weighted by atomic mass is 127. The Bertz CT molecular complexity index is 832. The maximum atomic E-state index is 5.44. The molecule has 1 aromatic heterocycles. The van der Waals surface area contributed by atoms with Gasteiger partial charge in [-0.1, -0.05) is 0 Å². The minimum absolute atomic E-state index is 0. The molecule has 7 nitrogen and oxygen atoms in total. The van der Waals surface area contributed by atoms with E-state index >= 15 is 0 Å². The van der Waals surface area contributed by atoms with Gasteiger partial charge in [0, 0.05) is 45.5 Å². The van der Waals surface area contributed by atoms with Crippen LogP contribution in [0.1, 0.15) is 28.1 Å². The number of benzene rings is 1. The second-order valence-electron chi connectivity index (χ2n) is 6.66. The Hall–Kier alpha value is -1.97. The Kier molecular flexibility index (Phi) is 9.06. The van der Waals surface area contributed by atoms with E-state index in [-0.39, 0.29) is 24.0 Å². The molecule has 28 heavy (non-hydrogen) atoms. The molecule has 0 bridgehead atoms. The molecular weight excluding hydrogens is 469 g/mol. The molecule has 1 N–H and O–H groups in total. The van der Waals surface area contributed by atoms with E-state index in [4.69, 9.17) is 9.47 Å². The SMILES string of the molecule is CN=C(NCc1c(C)nn(C)c1C)N(C)Cc1cc(OC)c(OC)cc1C.I. The predicted molar refractivity (Wildman–Crippen MR) is 124 cm³/mol. The van der Waals surface area contributed by atoms with E-state index in [1.165, 1.54) is 5.56 Å². The molecule has 2 aromatic rings. The molecule has 0 saturated heterocycles. The fourth-order valence-corrected chi connectivity index (χ4v) is 3.15. The number of nitrogens with one attached hydrogen (secondary N) is 1. The highest BCUT2D eigenvalue weighted by molar-refractivity contribution is 14.0. The first-order valence-electron chi connectivity index (χ1n) is 8.94. The number of rotatable bonds is 6. The number of halogens is 1. The zero-order valence-corrected chi connectivity index (χ0v) is 20.4. The molecule has 2 rings (SSSR count). The van der Waals surface area contributed by atoms with Gasteiger partial charge in [0.2, 0.25) is 0 Å². The van der Waals surface area contributed by atoms with E-state index in [2.05, 4.69) is 34.2 Å². The molecule has 0 saturated carbocycles. The summed E-state index contributed by atoms with van der Waals surface area (Å²) in [4.78, 5) is 6.51. The van der Waals surface area contributed by atoms with Crippen molar-refractivity contribution in [3.63, 3.8) is 0 Å². The van der Waals surface area contributed by atoms with Crippen LogP contribution in [0, 0.1) is 20.8 Å². The molecule has 0 atom stereocenters. The van der Waals surface area contributed by atoms with Crippen molar-refractivity contribution < 1.29 is 9.47 Å². The molecule has 0 amide bonds. The Labute approximate surface area is 185 Å². The summed E-state index contributed by atoms with van der Waals surface area (Å²) in [6, 6.07) is 4.02. The van der Waals surface area contributed by atoms with Crippen LogP contribution >= 0.6 is 24.0 Å². The second kappa shape index (κ2) is 10.5. The van der Waals surface area contributed by atoms with Gasteiger partial charge < -0.3 is 19.7 Å². The van der Waals surface area contributed by atoms with Crippen molar-refractivity contribution >= 4 is 29.9 Å². The second-order valence-corrected chi connectivity index (χ2v) is 6.66. The lowest BCUT2D eigenvalue weighted by molar-refractivity contribution is 0.353. The summed E-state index contributed by atoms with van der Waals surface area (Å²) >= 11 is 0. The van der Waals surface area contributed by atoms with Crippen molar-refractivity contribution in [1.82, 2.24) is 20.0 Å². The maximum Gasteiger partial charge on any atom is 0.193 e. The summed E-state index contributed by atoms with van der Waals surface area (Å²) in [7, 11) is 9.08. The van der Waals surface area contributed by atoms with Crippen molar-refractivity contribution in [2.75, 3.05) is 28.3 Å². The van der Waals surface area contributed by atoms with Gasteiger partial charge in [-0.05, 0) is 44.0 Å². The Morgan fingerprint density at radius 3 is 2.29 bits per heavy atom. The minimum atomic E-state index is 0. The lowest BCUT2D eigenvalue weighted by Crippen LogP contribution is -2.38. The highest BCUT2D eigenvalue weighted by Crippen LogP contribution is 2.30. The van der Waals surface area contributed by atoms with Gasteiger partial charge in [-0.25, -0.2) is 0 Å². The first-order valence-corrected chi connectivity index (χ1v) is 8.94. The maximum absolute atomic E-state index is 5.44. The molecule has 0 aliphatic heterocycles. The van der Waals surface area contributed by atoms with E-state index in [1.54, 1.807) is 21.3 Å². The van der Waals surface area contributed by atoms with E-state index < -0.39 is 0 Å². The third kappa shape index (κ3) is 5.30. The fraction of sp³-hybridized carbons (Fsp3) is 0.500. The van der Waals surface area contributed by atoms with Gasteiger partial charge in [0.25, 0.3) is 0 Å². The highest BCUT2D eigenvalue weighted by Gasteiger charge is 2.14. The van der Waals surface area contributed by atoms with Gasteiger partial charge >= 0.3 is 0 Å².